The lowest BCUT2D eigenvalue weighted by molar-refractivity contribution is 0.0483. The number of alkyl carbamates (subject to hydrolysis) is 1. The largest absolute Gasteiger partial charge is 0.444 e. The number of carbonyl (C=O) groups is 1. The fourth-order valence-corrected chi connectivity index (χ4v) is 2.25. The number of nitrogens with zero attached hydrogens (tertiary/aromatic N) is 2. The molecule has 1 aromatic rings. The molecule has 9 nitrogen and oxygen atoms in total. The van der Waals surface area contributed by atoms with E-state index in [0.29, 0.717) is 5.71 Å². The van der Waals surface area contributed by atoms with Gasteiger partial charge in [-0.15, -0.1) is 0 Å². The highest BCUT2D eigenvalue weighted by atomic mass is 16.6. The zero-order valence-electron chi connectivity index (χ0n) is 18.0. The zero-order chi connectivity index (χ0) is 21.6. The van der Waals surface area contributed by atoms with Crippen LogP contribution in [-0.4, -0.2) is 39.1 Å². The van der Waals surface area contributed by atoms with E-state index in [1.165, 1.54) is 6.20 Å². The number of ether oxygens (including phenoxy) is 1. The van der Waals surface area contributed by atoms with Crippen molar-refractivity contribution < 1.29 is 14.4 Å². The molecule has 2 N–H and O–H groups in total. The van der Waals surface area contributed by atoms with Gasteiger partial charge in [-0.3, -0.25) is 9.36 Å². The van der Waals surface area contributed by atoms with Crippen molar-refractivity contribution in [3.05, 3.63) is 32.6 Å². The molecule has 0 unspecified atom stereocenters. The zero-order valence-corrected chi connectivity index (χ0v) is 18.0. The van der Waals surface area contributed by atoms with Crippen LogP contribution in [0.1, 0.15) is 61.0 Å². The highest BCUT2D eigenvalue weighted by molar-refractivity contribution is 5.97. The Bertz CT molecular complexity index is 815. The lowest BCUT2D eigenvalue weighted by Gasteiger charge is -2.26. The molecule has 0 spiro atoms. The first kappa shape index (κ1) is 23.5. The molecule has 1 heterocycles. The molecule has 158 valence electrons. The number of aromatic nitrogens is 2. The van der Waals surface area contributed by atoms with Gasteiger partial charge in [0, 0.05) is 6.20 Å². The molecule has 0 saturated heterocycles. The predicted molar refractivity (Wildman–Crippen MR) is 108 cm³/mol. The molecule has 1 amide bonds. The van der Waals surface area contributed by atoms with Crippen LogP contribution in [0.15, 0.2) is 20.9 Å². The van der Waals surface area contributed by atoms with Gasteiger partial charge < -0.3 is 19.9 Å². The molecule has 0 radical (unpaired) electrons. The molecule has 0 fully saturated rings. The second-order valence-corrected chi connectivity index (χ2v) is 8.25. The van der Waals surface area contributed by atoms with Gasteiger partial charge in [-0.1, -0.05) is 19.0 Å². The molecule has 0 aliphatic carbocycles. The standard InChI is InChI=1S/C19H32N4O5/c1-11(2)15(21-18(26)27-19(6,7)8)10-23-16(24)14(9-20-17(23)25)13(5)22-28-12(3)4/h9,11-12,15H,10H2,1-8H3,(H,20,25)(H,21,26)/b22-13+/t15-/m1/s1. The van der Waals surface area contributed by atoms with E-state index in [4.69, 9.17) is 9.57 Å². The highest BCUT2D eigenvalue weighted by Gasteiger charge is 2.23. The maximum absolute atomic E-state index is 12.8. The monoisotopic (exact) mass is 396 g/mol. The van der Waals surface area contributed by atoms with Crippen LogP contribution in [0, 0.1) is 5.92 Å². The summed E-state index contributed by atoms with van der Waals surface area (Å²) in [6, 6.07) is -0.479. The Morgan fingerprint density at radius 1 is 1.25 bits per heavy atom. The van der Waals surface area contributed by atoms with Crippen LogP contribution in [-0.2, 0) is 16.1 Å². The molecule has 0 aromatic carbocycles. The number of amides is 1. The average Bonchev–Trinajstić information content (AvgIpc) is 2.53. The van der Waals surface area contributed by atoms with E-state index < -0.39 is 29.0 Å². The topological polar surface area (TPSA) is 115 Å². The minimum absolute atomic E-state index is 0.00274. The Kier molecular flexibility index (Phi) is 8.01. The van der Waals surface area contributed by atoms with Crippen LogP contribution in [0.4, 0.5) is 4.79 Å². The Balaban J connectivity index is 3.15. The number of oxime groups is 1. The summed E-state index contributed by atoms with van der Waals surface area (Å²) < 4.78 is 6.32. The molecule has 0 saturated carbocycles. The second kappa shape index (κ2) is 9.57. The molecule has 28 heavy (non-hydrogen) atoms. The Labute approximate surface area is 165 Å². The summed E-state index contributed by atoms with van der Waals surface area (Å²) in [5.74, 6) is -0.0403. The van der Waals surface area contributed by atoms with E-state index in [1.807, 2.05) is 27.7 Å². The van der Waals surface area contributed by atoms with E-state index in [2.05, 4.69) is 15.5 Å². The van der Waals surface area contributed by atoms with Crippen LogP contribution >= 0.6 is 0 Å². The quantitative estimate of drug-likeness (QED) is 0.542. The van der Waals surface area contributed by atoms with E-state index in [9.17, 15) is 14.4 Å². The summed E-state index contributed by atoms with van der Waals surface area (Å²) in [4.78, 5) is 44.9. The minimum Gasteiger partial charge on any atom is -0.444 e. The van der Waals surface area contributed by atoms with Crippen molar-refractivity contribution in [2.24, 2.45) is 11.1 Å². The summed E-state index contributed by atoms with van der Waals surface area (Å²) in [5, 5.41) is 6.66. The van der Waals surface area contributed by atoms with Crippen LogP contribution in [0.2, 0.25) is 0 Å². The molecular weight excluding hydrogens is 364 g/mol. The average molecular weight is 396 g/mol. The van der Waals surface area contributed by atoms with Crippen molar-refractivity contribution >= 4 is 11.8 Å². The Hall–Kier alpha value is -2.58. The number of hydrogen-bond donors (Lipinski definition) is 2. The van der Waals surface area contributed by atoms with E-state index >= 15 is 0 Å². The predicted octanol–water partition coefficient (Wildman–Crippen LogP) is 2.23. The van der Waals surface area contributed by atoms with E-state index in [-0.39, 0.29) is 24.1 Å². The summed E-state index contributed by atoms with van der Waals surface area (Å²) in [6.45, 7) is 14.3. The third-order valence-corrected chi connectivity index (χ3v) is 3.74. The van der Waals surface area contributed by atoms with Gasteiger partial charge in [-0.05, 0) is 47.5 Å². The van der Waals surface area contributed by atoms with Gasteiger partial charge in [0.15, 0.2) is 0 Å². The van der Waals surface area contributed by atoms with E-state index in [0.717, 1.165) is 4.57 Å². The third-order valence-electron chi connectivity index (χ3n) is 3.74. The maximum atomic E-state index is 12.8. The molecule has 0 aliphatic heterocycles. The van der Waals surface area contributed by atoms with Crippen molar-refractivity contribution in [2.45, 2.75) is 79.7 Å². The van der Waals surface area contributed by atoms with Crippen molar-refractivity contribution in [1.29, 1.82) is 0 Å². The third kappa shape index (κ3) is 7.21. The van der Waals surface area contributed by atoms with Crippen molar-refractivity contribution in [3.8, 4) is 0 Å². The number of rotatable bonds is 7. The minimum atomic E-state index is -0.649. The van der Waals surface area contributed by atoms with Gasteiger partial charge >= 0.3 is 11.8 Å². The fraction of sp³-hybridized carbons (Fsp3) is 0.684. The number of carbonyl (C=O) groups excluding carboxylic acids is 1. The van der Waals surface area contributed by atoms with Crippen LogP contribution in [0.5, 0.6) is 0 Å². The van der Waals surface area contributed by atoms with Crippen molar-refractivity contribution in [3.63, 3.8) is 0 Å². The molecule has 1 atom stereocenters. The lowest BCUT2D eigenvalue weighted by Crippen LogP contribution is -2.48. The molecule has 1 aromatic heterocycles. The second-order valence-electron chi connectivity index (χ2n) is 8.25. The van der Waals surface area contributed by atoms with Gasteiger partial charge in [0.05, 0.1) is 23.9 Å². The van der Waals surface area contributed by atoms with E-state index in [1.54, 1.807) is 27.7 Å². The summed E-state index contributed by atoms with van der Waals surface area (Å²) in [7, 11) is 0. The van der Waals surface area contributed by atoms with Crippen LogP contribution in [0.25, 0.3) is 0 Å². The van der Waals surface area contributed by atoms with Gasteiger partial charge in [-0.25, -0.2) is 9.59 Å². The molecular formula is C19H32N4O5. The first-order valence-corrected chi connectivity index (χ1v) is 9.34. The number of hydrogen-bond acceptors (Lipinski definition) is 6. The molecule has 0 aliphatic rings. The summed E-state index contributed by atoms with van der Waals surface area (Å²) in [5.41, 5.74) is -1.15. The molecule has 1 rings (SSSR count). The fourth-order valence-electron chi connectivity index (χ4n) is 2.25. The van der Waals surface area contributed by atoms with Crippen LogP contribution in [0.3, 0.4) is 0 Å². The smallest absolute Gasteiger partial charge is 0.407 e. The molecule has 9 heteroatoms. The summed E-state index contributed by atoms with van der Waals surface area (Å²) >= 11 is 0. The number of H-pyrrole nitrogens is 1. The Morgan fingerprint density at radius 2 is 1.86 bits per heavy atom. The van der Waals surface area contributed by atoms with Gasteiger partial charge in [0.2, 0.25) is 0 Å². The van der Waals surface area contributed by atoms with Gasteiger partial charge in [0.25, 0.3) is 5.56 Å². The first-order chi connectivity index (χ1) is 12.8. The number of nitrogens with one attached hydrogen (secondary N) is 2. The SMILES string of the molecule is C/C(=N\OC(C)C)c1c[nH]c(=O)n(C[C@@H](NC(=O)OC(C)(C)C)C(C)C)c1=O. The number of aromatic amines is 1. The molecule has 0 bridgehead atoms. The maximum Gasteiger partial charge on any atom is 0.407 e. The van der Waals surface area contributed by atoms with Crippen molar-refractivity contribution in [1.82, 2.24) is 14.9 Å². The first-order valence-electron chi connectivity index (χ1n) is 9.34. The normalized spacial score (nSPS) is 13.6. The van der Waals surface area contributed by atoms with Gasteiger partial charge in [-0.2, -0.15) is 0 Å². The van der Waals surface area contributed by atoms with Crippen LogP contribution < -0.4 is 16.6 Å². The summed E-state index contributed by atoms with van der Waals surface area (Å²) in [6.07, 6.45) is 0.577. The van der Waals surface area contributed by atoms with Gasteiger partial charge in [0.1, 0.15) is 11.7 Å². The lowest BCUT2D eigenvalue weighted by atomic mass is 10.0. The van der Waals surface area contributed by atoms with Crippen molar-refractivity contribution in [2.75, 3.05) is 0 Å². The highest BCUT2D eigenvalue weighted by Crippen LogP contribution is 2.09. The Morgan fingerprint density at radius 3 is 2.36 bits per heavy atom.